The van der Waals surface area contributed by atoms with Crippen molar-refractivity contribution in [2.75, 3.05) is 0 Å². The van der Waals surface area contributed by atoms with E-state index in [1.807, 2.05) is 0 Å². The lowest BCUT2D eigenvalue weighted by Crippen LogP contribution is -2.10. The molecule has 0 fully saturated rings. The van der Waals surface area contributed by atoms with Crippen LogP contribution in [-0.4, -0.2) is 19.9 Å². The molecule has 5 nitrogen and oxygen atoms in total. The molecule has 1 N–H and O–H groups in total. The molecule has 2 aromatic carbocycles. The number of hydrogen-bond donors (Lipinski definition) is 1. The lowest BCUT2D eigenvalue weighted by molar-refractivity contribution is 0.147. The van der Waals surface area contributed by atoms with Gasteiger partial charge in [-0.3, -0.25) is 4.68 Å². The van der Waals surface area contributed by atoms with E-state index in [2.05, 4.69) is 10.1 Å². The highest BCUT2D eigenvalue weighted by Crippen LogP contribution is 2.26. The minimum Gasteiger partial charge on any atom is -0.457 e. The molecule has 3 aromatic rings. The third-order valence-corrected chi connectivity index (χ3v) is 3.21. The van der Waals surface area contributed by atoms with E-state index in [0.29, 0.717) is 5.75 Å². The van der Waals surface area contributed by atoms with Crippen molar-refractivity contribution in [3.8, 4) is 11.5 Å². The van der Waals surface area contributed by atoms with Gasteiger partial charge in [0.25, 0.3) is 0 Å². The Bertz CT molecular complexity index is 777. The second kappa shape index (κ2) is 6.53. The van der Waals surface area contributed by atoms with Gasteiger partial charge in [0.05, 0.1) is 6.54 Å². The second-order valence-electron chi connectivity index (χ2n) is 4.87. The topological polar surface area (TPSA) is 60.2 Å². The monoisotopic (exact) mass is 317 g/mol. The van der Waals surface area contributed by atoms with Gasteiger partial charge >= 0.3 is 0 Å². The number of hydrogen-bond acceptors (Lipinski definition) is 4. The fourth-order valence-corrected chi connectivity index (χ4v) is 2.08. The maximum atomic E-state index is 14.2. The summed E-state index contributed by atoms with van der Waals surface area (Å²) < 4.78 is 33.8. The van der Waals surface area contributed by atoms with Gasteiger partial charge in [-0.05, 0) is 36.4 Å². The molecule has 0 bridgehead atoms. The molecular weight excluding hydrogens is 304 g/mol. The number of aliphatic hydroxyl groups is 1. The molecule has 1 heterocycles. The van der Waals surface area contributed by atoms with Gasteiger partial charge in [-0.1, -0.05) is 0 Å². The molecule has 0 radical (unpaired) electrons. The van der Waals surface area contributed by atoms with E-state index in [-0.39, 0.29) is 23.7 Å². The molecule has 0 spiro atoms. The molecule has 0 saturated heterocycles. The first-order chi connectivity index (χ1) is 11.1. The van der Waals surface area contributed by atoms with Gasteiger partial charge in [0.2, 0.25) is 0 Å². The Kier molecular flexibility index (Phi) is 4.29. The molecule has 0 aliphatic rings. The minimum atomic E-state index is -1.06. The Morgan fingerprint density at radius 3 is 2.48 bits per heavy atom. The minimum absolute atomic E-state index is 0.0923. The van der Waals surface area contributed by atoms with Crippen LogP contribution in [0.2, 0.25) is 0 Å². The first-order valence-electron chi connectivity index (χ1n) is 6.85. The molecular formula is C16H13F2N3O2. The van der Waals surface area contributed by atoms with Crippen LogP contribution in [0.4, 0.5) is 8.78 Å². The largest absolute Gasteiger partial charge is 0.457 e. The van der Waals surface area contributed by atoms with Crippen LogP contribution in [0, 0.1) is 11.6 Å². The summed E-state index contributed by atoms with van der Waals surface area (Å²) >= 11 is 0. The van der Waals surface area contributed by atoms with Crippen molar-refractivity contribution in [3.05, 3.63) is 72.3 Å². The van der Waals surface area contributed by atoms with Crippen LogP contribution in [-0.2, 0) is 6.54 Å². The van der Waals surface area contributed by atoms with Gasteiger partial charge < -0.3 is 9.84 Å². The smallest absolute Gasteiger partial charge is 0.137 e. The number of aliphatic hydroxyl groups excluding tert-OH is 1. The third kappa shape index (κ3) is 3.70. The highest BCUT2D eigenvalue weighted by atomic mass is 19.1. The van der Waals surface area contributed by atoms with Crippen molar-refractivity contribution in [1.82, 2.24) is 14.8 Å². The molecule has 0 aliphatic carbocycles. The summed E-state index contributed by atoms with van der Waals surface area (Å²) in [5, 5.41) is 13.9. The van der Waals surface area contributed by atoms with Crippen LogP contribution in [0.3, 0.4) is 0 Å². The molecule has 1 aromatic heterocycles. The van der Waals surface area contributed by atoms with Crippen molar-refractivity contribution in [2.45, 2.75) is 12.6 Å². The van der Waals surface area contributed by atoms with Gasteiger partial charge in [0, 0.05) is 11.6 Å². The number of rotatable bonds is 5. The average molecular weight is 317 g/mol. The normalized spacial score (nSPS) is 12.1. The van der Waals surface area contributed by atoms with Crippen LogP contribution in [0.15, 0.2) is 55.1 Å². The Labute approximate surface area is 130 Å². The van der Waals surface area contributed by atoms with Gasteiger partial charge in [0.1, 0.15) is 41.9 Å². The van der Waals surface area contributed by atoms with E-state index in [1.165, 1.54) is 59.8 Å². The summed E-state index contributed by atoms with van der Waals surface area (Å²) in [5.74, 6) is -0.333. The Hall–Kier alpha value is -2.80. The molecule has 0 saturated carbocycles. The number of nitrogens with zero attached hydrogens (tertiary/aromatic N) is 3. The van der Waals surface area contributed by atoms with Crippen LogP contribution >= 0.6 is 0 Å². The predicted molar refractivity (Wildman–Crippen MR) is 77.9 cm³/mol. The Balaban J connectivity index is 1.73. The maximum absolute atomic E-state index is 14.2. The lowest BCUT2D eigenvalue weighted by atomic mass is 10.1. The van der Waals surface area contributed by atoms with Gasteiger partial charge in [-0.25, -0.2) is 13.8 Å². The number of benzene rings is 2. The van der Waals surface area contributed by atoms with Gasteiger partial charge in [-0.15, -0.1) is 0 Å². The highest BCUT2D eigenvalue weighted by molar-refractivity contribution is 5.34. The van der Waals surface area contributed by atoms with Crippen molar-refractivity contribution in [1.29, 1.82) is 0 Å². The molecule has 118 valence electrons. The summed E-state index contributed by atoms with van der Waals surface area (Å²) in [5.41, 5.74) is 0.131. The maximum Gasteiger partial charge on any atom is 0.137 e. The van der Waals surface area contributed by atoms with Gasteiger partial charge in [-0.2, -0.15) is 5.10 Å². The summed E-state index contributed by atoms with van der Waals surface area (Å²) in [6.07, 6.45) is 1.71. The number of ether oxygens (including phenoxy) is 1. The molecule has 1 atom stereocenters. The van der Waals surface area contributed by atoms with Crippen molar-refractivity contribution >= 4 is 0 Å². The molecule has 0 amide bonds. The summed E-state index contributed by atoms with van der Waals surface area (Å²) in [4.78, 5) is 3.76. The van der Waals surface area contributed by atoms with E-state index in [1.54, 1.807) is 0 Å². The zero-order valence-corrected chi connectivity index (χ0v) is 11.9. The Morgan fingerprint density at radius 1 is 1.09 bits per heavy atom. The standard InChI is InChI=1S/C16H13F2N3O2/c17-11-1-3-12(4-2-11)23-13-5-6-14(15(18)7-13)16(22)8-21-10-19-9-20-21/h1-7,9-10,16,22H,8H2. The fourth-order valence-electron chi connectivity index (χ4n) is 2.08. The van der Waals surface area contributed by atoms with E-state index < -0.39 is 11.9 Å². The second-order valence-corrected chi connectivity index (χ2v) is 4.87. The van der Waals surface area contributed by atoms with Crippen molar-refractivity contribution in [2.24, 2.45) is 0 Å². The van der Waals surface area contributed by atoms with Crippen molar-refractivity contribution < 1.29 is 18.6 Å². The highest BCUT2D eigenvalue weighted by Gasteiger charge is 2.15. The fraction of sp³-hybridized carbons (Fsp3) is 0.125. The van der Waals surface area contributed by atoms with E-state index in [9.17, 15) is 13.9 Å². The third-order valence-electron chi connectivity index (χ3n) is 3.21. The molecule has 1 unspecified atom stereocenters. The predicted octanol–water partition coefficient (Wildman–Crippen LogP) is 3.08. The summed E-state index contributed by atoms with van der Waals surface area (Å²) in [6, 6.07) is 9.54. The Morgan fingerprint density at radius 2 is 1.83 bits per heavy atom. The summed E-state index contributed by atoms with van der Waals surface area (Å²) in [7, 11) is 0. The lowest BCUT2D eigenvalue weighted by Gasteiger charge is -2.13. The summed E-state index contributed by atoms with van der Waals surface area (Å²) in [6.45, 7) is 0.0923. The van der Waals surface area contributed by atoms with Crippen LogP contribution in [0.25, 0.3) is 0 Å². The van der Waals surface area contributed by atoms with E-state index in [0.717, 1.165) is 0 Å². The average Bonchev–Trinajstić information content (AvgIpc) is 3.02. The SMILES string of the molecule is OC(Cn1cncn1)c1ccc(Oc2ccc(F)cc2)cc1F. The van der Waals surface area contributed by atoms with Crippen LogP contribution < -0.4 is 4.74 Å². The first-order valence-corrected chi connectivity index (χ1v) is 6.85. The van der Waals surface area contributed by atoms with Crippen LogP contribution in [0.5, 0.6) is 11.5 Å². The number of halogens is 2. The molecule has 7 heteroatoms. The zero-order chi connectivity index (χ0) is 16.2. The first kappa shape index (κ1) is 15.1. The molecule has 23 heavy (non-hydrogen) atoms. The van der Waals surface area contributed by atoms with E-state index >= 15 is 0 Å². The van der Waals surface area contributed by atoms with E-state index in [4.69, 9.17) is 4.74 Å². The number of aromatic nitrogens is 3. The van der Waals surface area contributed by atoms with Crippen LogP contribution in [0.1, 0.15) is 11.7 Å². The molecule has 0 aliphatic heterocycles. The van der Waals surface area contributed by atoms with Crippen molar-refractivity contribution in [3.63, 3.8) is 0 Å². The quantitative estimate of drug-likeness (QED) is 0.785. The zero-order valence-electron chi connectivity index (χ0n) is 11.9. The molecule has 3 rings (SSSR count). The van der Waals surface area contributed by atoms with Gasteiger partial charge in [0.15, 0.2) is 0 Å².